The van der Waals surface area contributed by atoms with Gasteiger partial charge in [-0.15, -0.1) is 0 Å². The van der Waals surface area contributed by atoms with Crippen LogP contribution in [0.3, 0.4) is 0 Å². The Morgan fingerprint density at radius 3 is 2.77 bits per heavy atom. The number of aromatic nitrogens is 3. The highest BCUT2D eigenvalue weighted by atomic mass is 16.5. The van der Waals surface area contributed by atoms with E-state index in [-0.39, 0.29) is 0 Å². The zero-order valence-electron chi connectivity index (χ0n) is 17.8. The van der Waals surface area contributed by atoms with E-state index in [1.165, 1.54) is 0 Å². The van der Waals surface area contributed by atoms with Crippen LogP contribution < -0.4 is 21.3 Å². The minimum absolute atomic E-state index is 0.314. The number of pyridine rings is 1. The fourth-order valence-corrected chi connectivity index (χ4v) is 3.27. The van der Waals surface area contributed by atoms with Crippen LogP contribution in [0.1, 0.15) is 38.8 Å². The van der Waals surface area contributed by atoms with Crippen molar-refractivity contribution in [1.82, 2.24) is 20.3 Å². The van der Waals surface area contributed by atoms with Gasteiger partial charge in [0.15, 0.2) is 5.82 Å². The molecule has 0 saturated carbocycles. The fraction of sp³-hybridized carbons (Fsp3) is 0.524. The van der Waals surface area contributed by atoms with Crippen molar-refractivity contribution in [1.29, 1.82) is 5.41 Å². The van der Waals surface area contributed by atoms with Crippen LogP contribution in [0.4, 0.5) is 23.3 Å². The van der Waals surface area contributed by atoms with Gasteiger partial charge >= 0.3 is 0 Å². The van der Waals surface area contributed by atoms with E-state index in [2.05, 4.69) is 26.3 Å². The number of hydrogen-bond donors (Lipinski definition) is 5. The summed E-state index contributed by atoms with van der Waals surface area (Å²) in [7, 11) is 0. The van der Waals surface area contributed by atoms with E-state index in [0.29, 0.717) is 66.9 Å². The first-order valence-corrected chi connectivity index (χ1v) is 10.7. The fourth-order valence-electron chi connectivity index (χ4n) is 3.27. The Kier molecular flexibility index (Phi) is 8.34. The van der Waals surface area contributed by atoms with Gasteiger partial charge in [0.25, 0.3) is 0 Å². The van der Waals surface area contributed by atoms with Crippen LogP contribution in [0.2, 0.25) is 0 Å². The van der Waals surface area contributed by atoms with Crippen molar-refractivity contribution in [2.24, 2.45) is 0 Å². The molecule has 0 bridgehead atoms. The summed E-state index contributed by atoms with van der Waals surface area (Å²) in [5.41, 5.74) is 1.75. The molecular formula is C21H32N8O. The second-order valence-corrected chi connectivity index (χ2v) is 7.08. The van der Waals surface area contributed by atoms with E-state index < -0.39 is 0 Å². The van der Waals surface area contributed by atoms with E-state index in [9.17, 15) is 0 Å². The molecule has 1 aliphatic rings. The number of nitrogens with zero attached hydrogens (tertiary/aromatic N) is 3. The first kappa shape index (κ1) is 21.9. The molecule has 0 spiro atoms. The Balaban J connectivity index is 1.93. The highest BCUT2D eigenvalue weighted by molar-refractivity contribution is 6.03. The molecule has 3 rings (SSSR count). The standard InChI is InChI=1S/C21H32N8O/c1-3-16(22)18-19(25-13-14-30-4-2)20(27-17-7-5-6-10-24-17)29-21(28-18)26-15-8-11-23-12-9-15/h5-7,10,15,22-23,25H,3-4,8-9,11-14H2,1-2H3,(H2,24,26,27,28,29). The predicted octanol–water partition coefficient (Wildman–Crippen LogP) is 3.01. The summed E-state index contributed by atoms with van der Waals surface area (Å²) >= 11 is 0. The summed E-state index contributed by atoms with van der Waals surface area (Å²) in [6.07, 6.45) is 4.34. The maximum atomic E-state index is 8.49. The van der Waals surface area contributed by atoms with Gasteiger partial charge < -0.3 is 31.4 Å². The molecule has 0 aromatic carbocycles. The molecule has 1 fully saturated rings. The predicted molar refractivity (Wildman–Crippen MR) is 121 cm³/mol. The molecule has 162 valence electrons. The van der Waals surface area contributed by atoms with Gasteiger partial charge in [0.1, 0.15) is 17.2 Å². The van der Waals surface area contributed by atoms with Crippen LogP contribution in [0.25, 0.3) is 0 Å². The number of rotatable bonds is 11. The van der Waals surface area contributed by atoms with Gasteiger partial charge in [-0.05, 0) is 51.4 Å². The molecule has 9 heteroatoms. The molecule has 0 unspecified atom stereocenters. The van der Waals surface area contributed by atoms with Crippen molar-refractivity contribution < 1.29 is 4.74 Å². The topological polar surface area (TPSA) is 120 Å². The van der Waals surface area contributed by atoms with Gasteiger partial charge in [-0.25, -0.2) is 9.97 Å². The molecule has 3 heterocycles. The Morgan fingerprint density at radius 2 is 2.07 bits per heavy atom. The summed E-state index contributed by atoms with van der Waals surface area (Å²) in [6.45, 7) is 7.70. The maximum Gasteiger partial charge on any atom is 0.225 e. The van der Waals surface area contributed by atoms with Crippen molar-refractivity contribution >= 4 is 29.0 Å². The third-order valence-corrected chi connectivity index (χ3v) is 4.88. The van der Waals surface area contributed by atoms with Crippen LogP contribution in [0, 0.1) is 5.41 Å². The Morgan fingerprint density at radius 1 is 1.23 bits per heavy atom. The zero-order valence-corrected chi connectivity index (χ0v) is 17.8. The van der Waals surface area contributed by atoms with E-state index in [0.717, 1.165) is 25.9 Å². The van der Waals surface area contributed by atoms with Gasteiger partial charge in [-0.3, -0.25) is 0 Å². The molecule has 0 atom stereocenters. The summed E-state index contributed by atoms with van der Waals surface area (Å²) in [4.78, 5) is 13.8. The molecule has 0 radical (unpaired) electrons. The number of nitrogens with one attached hydrogen (secondary N) is 5. The number of piperidine rings is 1. The van der Waals surface area contributed by atoms with Crippen molar-refractivity contribution in [3.05, 3.63) is 30.1 Å². The molecule has 0 amide bonds. The average molecular weight is 413 g/mol. The summed E-state index contributed by atoms with van der Waals surface area (Å²) < 4.78 is 5.46. The van der Waals surface area contributed by atoms with Gasteiger partial charge in [-0.2, -0.15) is 4.98 Å². The van der Waals surface area contributed by atoms with Crippen molar-refractivity contribution in [3.8, 4) is 0 Å². The Hall–Kier alpha value is -2.78. The highest BCUT2D eigenvalue weighted by Crippen LogP contribution is 2.28. The second kappa shape index (κ2) is 11.4. The van der Waals surface area contributed by atoms with Gasteiger partial charge in [0.05, 0.1) is 12.3 Å². The quantitative estimate of drug-likeness (QED) is 0.282. The lowest BCUT2D eigenvalue weighted by molar-refractivity contribution is 0.158. The minimum Gasteiger partial charge on any atom is -0.380 e. The van der Waals surface area contributed by atoms with E-state index in [1.54, 1.807) is 6.20 Å². The highest BCUT2D eigenvalue weighted by Gasteiger charge is 2.20. The largest absolute Gasteiger partial charge is 0.380 e. The smallest absolute Gasteiger partial charge is 0.225 e. The van der Waals surface area contributed by atoms with E-state index in [1.807, 2.05) is 32.0 Å². The first-order valence-electron chi connectivity index (χ1n) is 10.7. The molecular weight excluding hydrogens is 380 g/mol. The summed E-state index contributed by atoms with van der Waals surface area (Å²) in [6, 6.07) is 5.99. The number of anilines is 4. The van der Waals surface area contributed by atoms with Crippen LogP contribution in [-0.2, 0) is 4.74 Å². The number of hydrogen-bond acceptors (Lipinski definition) is 9. The van der Waals surface area contributed by atoms with Crippen LogP contribution in [0.5, 0.6) is 0 Å². The SMILES string of the molecule is CCOCCNc1c(Nc2ccccn2)nc(NC2CCNCC2)nc1C(=N)CC. The van der Waals surface area contributed by atoms with Crippen LogP contribution >= 0.6 is 0 Å². The van der Waals surface area contributed by atoms with Crippen molar-refractivity contribution in [2.75, 3.05) is 48.8 Å². The molecule has 9 nitrogen and oxygen atoms in total. The van der Waals surface area contributed by atoms with E-state index >= 15 is 0 Å². The van der Waals surface area contributed by atoms with Crippen molar-refractivity contribution in [3.63, 3.8) is 0 Å². The van der Waals surface area contributed by atoms with Gasteiger partial charge in [-0.1, -0.05) is 13.0 Å². The van der Waals surface area contributed by atoms with Gasteiger partial charge in [0.2, 0.25) is 5.95 Å². The first-order chi connectivity index (χ1) is 14.7. The summed E-state index contributed by atoms with van der Waals surface area (Å²) in [5, 5.41) is 22.0. The molecule has 2 aromatic heterocycles. The Bertz CT molecular complexity index is 808. The van der Waals surface area contributed by atoms with E-state index in [4.69, 9.17) is 20.1 Å². The second-order valence-electron chi connectivity index (χ2n) is 7.08. The summed E-state index contributed by atoms with van der Waals surface area (Å²) in [5.74, 6) is 1.82. The maximum absolute atomic E-state index is 8.49. The zero-order chi connectivity index (χ0) is 21.2. The monoisotopic (exact) mass is 412 g/mol. The third kappa shape index (κ3) is 6.11. The van der Waals surface area contributed by atoms with Gasteiger partial charge in [0, 0.05) is 25.4 Å². The third-order valence-electron chi connectivity index (χ3n) is 4.88. The lowest BCUT2D eigenvalue weighted by Crippen LogP contribution is -2.36. The average Bonchev–Trinajstić information content (AvgIpc) is 2.78. The van der Waals surface area contributed by atoms with Crippen LogP contribution in [0.15, 0.2) is 24.4 Å². The van der Waals surface area contributed by atoms with Crippen LogP contribution in [-0.4, -0.2) is 59.6 Å². The Labute approximate surface area is 178 Å². The minimum atomic E-state index is 0.314. The molecule has 1 saturated heterocycles. The van der Waals surface area contributed by atoms with Crippen molar-refractivity contribution in [2.45, 2.75) is 39.2 Å². The molecule has 1 aliphatic heterocycles. The molecule has 5 N–H and O–H groups in total. The molecule has 30 heavy (non-hydrogen) atoms. The normalized spacial score (nSPS) is 14.3. The number of ether oxygens (including phenoxy) is 1. The molecule has 0 aliphatic carbocycles. The lowest BCUT2D eigenvalue weighted by atomic mass is 10.1. The molecule has 2 aromatic rings. The lowest BCUT2D eigenvalue weighted by Gasteiger charge is -2.25.